The van der Waals surface area contributed by atoms with Crippen molar-refractivity contribution < 1.29 is 19.2 Å². The smallest absolute Gasteiger partial charge is 0.303 e. The van der Waals surface area contributed by atoms with Gasteiger partial charge in [0.05, 0.1) is 7.11 Å². The van der Waals surface area contributed by atoms with Gasteiger partial charge in [0.15, 0.2) is 0 Å². The molecule has 0 saturated carbocycles. The van der Waals surface area contributed by atoms with E-state index in [9.17, 15) is 14.9 Å². The van der Waals surface area contributed by atoms with Gasteiger partial charge in [0.2, 0.25) is 6.10 Å². The molecule has 0 aliphatic heterocycles. The molecule has 0 aromatic heterocycles. The number of nitrogens with zero attached hydrogens (tertiary/aromatic N) is 1. The minimum Gasteiger partial charge on any atom is -0.497 e. The van der Waals surface area contributed by atoms with Crippen molar-refractivity contribution in [1.82, 2.24) is 0 Å². The third-order valence-corrected chi connectivity index (χ3v) is 4.41. The van der Waals surface area contributed by atoms with Gasteiger partial charge in [0, 0.05) is 22.3 Å². The maximum absolute atomic E-state index is 11.6. The number of esters is 1. The molecule has 2 atom stereocenters. The summed E-state index contributed by atoms with van der Waals surface area (Å²) in [4.78, 5) is 23.3. The molecule has 0 unspecified atom stereocenters. The lowest BCUT2D eigenvalue weighted by Crippen LogP contribution is -2.27. The van der Waals surface area contributed by atoms with E-state index < -0.39 is 22.4 Å². The van der Waals surface area contributed by atoms with Gasteiger partial charge in [0.1, 0.15) is 5.75 Å². The van der Waals surface area contributed by atoms with Crippen molar-refractivity contribution in [3.63, 3.8) is 0 Å². The van der Waals surface area contributed by atoms with E-state index in [4.69, 9.17) is 9.47 Å². The molecule has 0 heterocycles. The van der Waals surface area contributed by atoms with Gasteiger partial charge in [-0.1, -0.05) is 30.3 Å². The number of carbonyl (C=O) groups excluding carboxylic acids is 1. The predicted octanol–water partition coefficient (Wildman–Crippen LogP) is 3.69. The Morgan fingerprint density at radius 3 is 2.25 bits per heavy atom. The molecular weight excluding hydrogens is 330 g/mol. The summed E-state index contributed by atoms with van der Waals surface area (Å²) in [6.45, 7) is 1.24. The second-order valence-electron chi connectivity index (χ2n) is 4.91. The molecule has 2 aromatic rings. The van der Waals surface area contributed by atoms with E-state index in [0.717, 1.165) is 16.7 Å². The van der Waals surface area contributed by atoms with Gasteiger partial charge in [-0.15, -0.1) is 0 Å². The Bertz CT molecular complexity index is 690. The summed E-state index contributed by atoms with van der Waals surface area (Å²) in [6.07, 6.45) is -1.01. The van der Waals surface area contributed by atoms with E-state index in [-0.39, 0.29) is 0 Å². The maximum Gasteiger partial charge on any atom is 0.303 e. The summed E-state index contributed by atoms with van der Waals surface area (Å²) in [5.41, 5.74) is 0.538. The standard InChI is InChI=1S/C17H17NO5S/c1-12(19)23-16(13-8-10-14(22-2)11-9-13)17(18(20)21)24-15-6-4-3-5-7-15/h3-11,16-17H,1-2H3/t16-,17-/m1/s1. The van der Waals surface area contributed by atoms with Crippen molar-refractivity contribution >= 4 is 17.7 Å². The summed E-state index contributed by atoms with van der Waals surface area (Å²) >= 11 is 1.04. The van der Waals surface area contributed by atoms with Crippen molar-refractivity contribution in [1.29, 1.82) is 0 Å². The van der Waals surface area contributed by atoms with E-state index in [2.05, 4.69) is 0 Å². The molecule has 0 N–H and O–H groups in total. The first-order valence-corrected chi connectivity index (χ1v) is 8.05. The minimum atomic E-state index is -1.16. The average Bonchev–Trinajstić information content (AvgIpc) is 2.58. The topological polar surface area (TPSA) is 78.7 Å². The number of benzene rings is 2. The third kappa shape index (κ3) is 4.73. The zero-order valence-corrected chi connectivity index (χ0v) is 14.1. The first-order valence-electron chi connectivity index (χ1n) is 7.17. The van der Waals surface area contributed by atoms with E-state index in [0.29, 0.717) is 11.3 Å². The van der Waals surface area contributed by atoms with Crippen LogP contribution in [0.25, 0.3) is 0 Å². The summed E-state index contributed by atoms with van der Waals surface area (Å²) < 4.78 is 10.4. The van der Waals surface area contributed by atoms with E-state index in [1.807, 2.05) is 6.07 Å². The Balaban J connectivity index is 2.34. The minimum absolute atomic E-state index is 0.435. The summed E-state index contributed by atoms with van der Waals surface area (Å²) in [5, 5.41) is 10.4. The number of ether oxygens (including phenoxy) is 2. The van der Waals surface area contributed by atoms with Crippen molar-refractivity contribution in [2.45, 2.75) is 23.3 Å². The lowest BCUT2D eigenvalue weighted by atomic mass is 10.1. The average molecular weight is 347 g/mol. The Morgan fingerprint density at radius 1 is 1.12 bits per heavy atom. The quantitative estimate of drug-likeness (QED) is 0.250. The zero-order valence-electron chi connectivity index (χ0n) is 13.2. The third-order valence-electron chi connectivity index (χ3n) is 3.20. The van der Waals surface area contributed by atoms with Crippen LogP contribution in [0.2, 0.25) is 0 Å². The molecule has 6 nitrogen and oxygen atoms in total. The first kappa shape index (κ1) is 17.8. The Hall–Kier alpha value is -2.54. The number of thioether (sulfide) groups is 1. The van der Waals surface area contributed by atoms with Crippen molar-refractivity contribution in [3.8, 4) is 5.75 Å². The molecule has 2 aromatic carbocycles. The van der Waals surface area contributed by atoms with Gasteiger partial charge >= 0.3 is 11.3 Å². The van der Waals surface area contributed by atoms with Crippen LogP contribution in [-0.4, -0.2) is 23.4 Å². The molecule has 126 valence electrons. The van der Waals surface area contributed by atoms with Gasteiger partial charge in [-0.3, -0.25) is 14.9 Å². The molecule has 0 spiro atoms. The van der Waals surface area contributed by atoms with Crippen LogP contribution in [0.4, 0.5) is 0 Å². The molecule has 0 saturated heterocycles. The normalized spacial score (nSPS) is 12.9. The number of nitro groups is 1. The molecule has 0 fully saturated rings. The van der Waals surface area contributed by atoms with Gasteiger partial charge in [-0.05, 0) is 36.0 Å². The highest BCUT2D eigenvalue weighted by molar-refractivity contribution is 7.99. The van der Waals surface area contributed by atoms with Crippen LogP contribution < -0.4 is 4.74 Å². The van der Waals surface area contributed by atoms with Crippen LogP contribution >= 0.6 is 11.8 Å². The fraction of sp³-hybridized carbons (Fsp3) is 0.235. The van der Waals surface area contributed by atoms with Crippen molar-refractivity contribution in [2.75, 3.05) is 7.11 Å². The Labute approximate surface area is 143 Å². The van der Waals surface area contributed by atoms with Crippen LogP contribution in [0.1, 0.15) is 18.6 Å². The van der Waals surface area contributed by atoms with Gasteiger partial charge in [0.25, 0.3) is 0 Å². The van der Waals surface area contributed by atoms with Gasteiger partial charge in [-0.25, -0.2) is 0 Å². The molecule has 0 aliphatic carbocycles. The van der Waals surface area contributed by atoms with Gasteiger partial charge in [-0.2, -0.15) is 0 Å². The van der Waals surface area contributed by atoms with Gasteiger partial charge < -0.3 is 9.47 Å². The van der Waals surface area contributed by atoms with Crippen LogP contribution in [-0.2, 0) is 9.53 Å². The van der Waals surface area contributed by atoms with Crippen LogP contribution in [0, 0.1) is 10.1 Å². The largest absolute Gasteiger partial charge is 0.497 e. The molecule has 0 bridgehead atoms. The Morgan fingerprint density at radius 2 is 1.75 bits per heavy atom. The number of rotatable bonds is 7. The van der Waals surface area contributed by atoms with E-state index in [1.165, 1.54) is 14.0 Å². The lowest BCUT2D eigenvalue weighted by molar-refractivity contribution is -0.507. The second-order valence-corrected chi connectivity index (χ2v) is 6.10. The zero-order chi connectivity index (χ0) is 17.5. The van der Waals surface area contributed by atoms with E-state index >= 15 is 0 Å². The molecule has 0 radical (unpaired) electrons. The van der Waals surface area contributed by atoms with E-state index in [1.54, 1.807) is 48.5 Å². The number of methoxy groups -OCH3 is 1. The SMILES string of the molecule is COc1ccc([C@@H](OC(C)=O)[C@@H](Sc2ccccc2)[N+](=O)[O-])cc1. The number of hydrogen-bond acceptors (Lipinski definition) is 6. The predicted molar refractivity (Wildman–Crippen MR) is 90.6 cm³/mol. The van der Waals surface area contributed by atoms with Crippen molar-refractivity contribution in [3.05, 3.63) is 70.3 Å². The molecule has 0 amide bonds. The summed E-state index contributed by atoms with van der Waals surface area (Å²) in [7, 11) is 1.53. The molecule has 0 aliphatic rings. The highest BCUT2D eigenvalue weighted by atomic mass is 32.2. The highest BCUT2D eigenvalue weighted by Crippen LogP contribution is 2.35. The summed E-state index contributed by atoms with van der Waals surface area (Å²) in [5.74, 6) is 0.0463. The fourth-order valence-electron chi connectivity index (χ4n) is 2.12. The second kappa shape index (κ2) is 8.35. The molecule has 7 heteroatoms. The molecular formula is C17H17NO5S. The van der Waals surface area contributed by atoms with Crippen LogP contribution in [0.3, 0.4) is 0 Å². The first-order chi connectivity index (χ1) is 11.5. The summed E-state index contributed by atoms with van der Waals surface area (Å²) in [6, 6.07) is 15.7. The number of carbonyl (C=O) groups is 1. The highest BCUT2D eigenvalue weighted by Gasteiger charge is 2.36. The van der Waals surface area contributed by atoms with Crippen LogP contribution in [0.5, 0.6) is 5.75 Å². The lowest BCUT2D eigenvalue weighted by Gasteiger charge is -2.21. The van der Waals surface area contributed by atoms with Crippen LogP contribution in [0.15, 0.2) is 59.5 Å². The number of hydrogen-bond donors (Lipinski definition) is 0. The monoisotopic (exact) mass is 347 g/mol. The Kier molecular flexibility index (Phi) is 6.20. The molecule has 2 rings (SSSR count). The van der Waals surface area contributed by atoms with Crippen molar-refractivity contribution in [2.24, 2.45) is 0 Å². The fourth-order valence-corrected chi connectivity index (χ4v) is 3.13. The molecule has 24 heavy (non-hydrogen) atoms. The maximum atomic E-state index is 11.6.